The largest absolute Gasteiger partial charge is 0.314 e. The fraction of sp³-hybridized carbons (Fsp3) is 0. The number of fused-ring (bicyclic) bond motifs is 3. The number of azo groups is 1. The molecule has 3 heterocycles. The number of nitrogens with zero attached hydrogens (tertiary/aromatic N) is 4. The van der Waals surface area contributed by atoms with Crippen LogP contribution < -0.4 is 0 Å². The van der Waals surface area contributed by atoms with E-state index in [1.165, 1.54) is 6.20 Å². The van der Waals surface area contributed by atoms with E-state index in [0.717, 1.165) is 5.56 Å². The second-order valence-electron chi connectivity index (χ2n) is 2.90. The van der Waals surface area contributed by atoms with Crippen LogP contribution in [0.25, 0.3) is 5.57 Å². The van der Waals surface area contributed by atoms with Gasteiger partial charge in [-0.3, -0.25) is 4.79 Å². The van der Waals surface area contributed by atoms with Crippen LogP contribution in [0.3, 0.4) is 0 Å². The number of hydrogen-bond acceptors (Lipinski definition) is 4. The van der Waals surface area contributed by atoms with Gasteiger partial charge < -0.3 is 0 Å². The van der Waals surface area contributed by atoms with Crippen molar-refractivity contribution in [1.29, 1.82) is 0 Å². The number of hydrogen-bond donors (Lipinski definition) is 0. The Labute approximate surface area is 78.9 Å². The van der Waals surface area contributed by atoms with Crippen LogP contribution in [0.15, 0.2) is 39.8 Å². The molecule has 0 unspecified atom stereocenters. The summed E-state index contributed by atoms with van der Waals surface area (Å²) in [6.07, 6.45) is 3.17. The molecule has 2 aliphatic heterocycles. The predicted molar refractivity (Wildman–Crippen MR) is 49.2 cm³/mol. The third-order valence-electron chi connectivity index (χ3n) is 2.09. The molecule has 0 saturated carbocycles. The van der Waals surface area contributed by atoms with Gasteiger partial charge in [-0.25, -0.2) is 9.98 Å². The van der Waals surface area contributed by atoms with Crippen LogP contribution >= 0.6 is 0 Å². The minimum atomic E-state index is -0.402. The SMILES string of the molecule is O=C1N=NC=C2C1=Nc1ncccc12. The Morgan fingerprint density at radius 1 is 1.29 bits per heavy atom. The first-order valence-corrected chi connectivity index (χ1v) is 4.06. The molecule has 0 radical (unpaired) electrons. The topological polar surface area (TPSA) is 67.0 Å². The first-order chi connectivity index (χ1) is 6.86. The molecular formula is C9H4N4O. The van der Waals surface area contributed by atoms with Gasteiger partial charge in [0, 0.05) is 17.3 Å². The number of carbonyl (C=O) groups is 1. The molecule has 0 spiro atoms. The maximum atomic E-state index is 11.3. The van der Waals surface area contributed by atoms with E-state index in [0.29, 0.717) is 17.1 Å². The molecule has 0 saturated heterocycles. The lowest BCUT2D eigenvalue weighted by Crippen LogP contribution is -2.12. The smallest absolute Gasteiger partial charge is 0.263 e. The van der Waals surface area contributed by atoms with E-state index >= 15 is 0 Å². The summed E-state index contributed by atoms with van der Waals surface area (Å²) in [5.41, 5.74) is 1.90. The summed E-state index contributed by atoms with van der Waals surface area (Å²) >= 11 is 0. The molecule has 3 rings (SSSR count). The lowest BCUT2D eigenvalue weighted by molar-refractivity contribution is -0.112. The van der Waals surface area contributed by atoms with Crippen molar-refractivity contribution in [3.63, 3.8) is 0 Å². The number of pyridine rings is 1. The van der Waals surface area contributed by atoms with Gasteiger partial charge in [0.25, 0.3) is 0 Å². The molecule has 0 aromatic carbocycles. The fourth-order valence-electron chi connectivity index (χ4n) is 1.47. The monoisotopic (exact) mass is 184 g/mol. The fourth-order valence-corrected chi connectivity index (χ4v) is 1.47. The highest BCUT2D eigenvalue weighted by atomic mass is 16.2. The third kappa shape index (κ3) is 0.806. The van der Waals surface area contributed by atoms with E-state index in [1.807, 2.05) is 6.07 Å². The van der Waals surface area contributed by atoms with Gasteiger partial charge in [0.1, 0.15) is 5.71 Å². The molecule has 0 fully saturated rings. The molecule has 1 aromatic heterocycles. The summed E-state index contributed by atoms with van der Waals surface area (Å²) in [7, 11) is 0. The molecule has 1 amide bonds. The van der Waals surface area contributed by atoms with Gasteiger partial charge >= 0.3 is 5.91 Å². The summed E-state index contributed by atoms with van der Waals surface area (Å²) in [6.45, 7) is 0. The first kappa shape index (κ1) is 7.25. The van der Waals surface area contributed by atoms with Gasteiger partial charge in [0.05, 0.1) is 6.20 Å². The highest BCUT2D eigenvalue weighted by Gasteiger charge is 2.28. The van der Waals surface area contributed by atoms with Crippen molar-refractivity contribution < 1.29 is 4.79 Å². The van der Waals surface area contributed by atoms with Crippen LogP contribution in [0.1, 0.15) is 5.56 Å². The number of aliphatic imine (C=N–C) groups is 1. The zero-order valence-corrected chi connectivity index (χ0v) is 7.01. The van der Waals surface area contributed by atoms with E-state index in [4.69, 9.17) is 0 Å². The molecule has 0 bridgehead atoms. The lowest BCUT2D eigenvalue weighted by Gasteiger charge is -2.01. The van der Waals surface area contributed by atoms with Crippen molar-refractivity contribution in [2.24, 2.45) is 15.2 Å². The molecular weight excluding hydrogens is 180 g/mol. The Kier molecular flexibility index (Phi) is 1.25. The third-order valence-corrected chi connectivity index (χ3v) is 2.09. The van der Waals surface area contributed by atoms with Crippen molar-refractivity contribution in [2.75, 3.05) is 0 Å². The quantitative estimate of drug-likeness (QED) is 0.613. The summed E-state index contributed by atoms with van der Waals surface area (Å²) in [5, 5.41) is 7.01. The van der Waals surface area contributed by atoms with Crippen LogP contribution in [0, 0.1) is 0 Å². The van der Waals surface area contributed by atoms with Crippen LogP contribution in [0.2, 0.25) is 0 Å². The Morgan fingerprint density at radius 2 is 2.21 bits per heavy atom. The van der Waals surface area contributed by atoms with E-state index in [2.05, 4.69) is 20.2 Å². The van der Waals surface area contributed by atoms with Gasteiger partial charge in [-0.05, 0) is 12.1 Å². The maximum Gasteiger partial charge on any atom is 0.314 e. The first-order valence-electron chi connectivity index (χ1n) is 4.06. The van der Waals surface area contributed by atoms with E-state index < -0.39 is 5.91 Å². The lowest BCUT2D eigenvalue weighted by atomic mass is 10.1. The van der Waals surface area contributed by atoms with Crippen LogP contribution in [-0.2, 0) is 4.79 Å². The molecule has 0 N–H and O–H groups in total. The Hall–Kier alpha value is -2.17. The molecule has 0 aliphatic carbocycles. The molecule has 66 valence electrons. The van der Waals surface area contributed by atoms with E-state index in [-0.39, 0.29) is 0 Å². The summed E-state index contributed by atoms with van der Waals surface area (Å²) in [4.78, 5) is 19.4. The Bertz CT molecular complexity index is 527. The number of rotatable bonds is 0. The van der Waals surface area contributed by atoms with Crippen LogP contribution in [0.5, 0.6) is 0 Å². The van der Waals surface area contributed by atoms with Gasteiger partial charge in [-0.1, -0.05) is 0 Å². The van der Waals surface area contributed by atoms with Crippen molar-refractivity contribution in [3.05, 3.63) is 30.1 Å². The Morgan fingerprint density at radius 3 is 3.14 bits per heavy atom. The zero-order chi connectivity index (χ0) is 9.54. The second-order valence-corrected chi connectivity index (χ2v) is 2.90. The highest BCUT2D eigenvalue weighted by Crippen LogP contribution is 2.34. The zero-order valence-electron chi connectivity index (χ0n) is 7.01. The number of aromatic nitrogens is 1. The van der Waals surface area contributed by atoms with Crippen molar-refractivity contribution >= 4 is 23.0 Å². The summed E-state index contributed by atoms with van der Waals surface area (Å²) in [5.74, 6) is 0.162. The van der Waals surface area contributed by atoms with Gasteiger partial charge in [0.15, 0.2) is 5.82 Å². The normalized spacial score (nSPS) is 17.3. The molecule has 14 heavy (non-hydrogen) atoms. The predicted octanol–water partition coefficient (Wildman–Crippen LogP) is 1.50. The van der Waals surface area contributed by atoms with Crippen molar-refractivity contribution in [1.82, 2.24) is 4.98 Å². The minimum absolute atomic E-state index is 0.341. The number of carbonyl (C=O) groups excluding carboxylic acids is 1. The van der Waals surface area contributed by atoms with Crippen molar-refractivity contribution in [3.8, 4) is 0 Å². The van der Waals surface area contributed by atoms with Crippen molar-refractivity contribution in [2.45, 2.75) is 0 Å². The average molecular weight is 184 g/mol. The minimum Gasteiger partial charge on any atom is -0.263 e. The van der Waals surface area contributed by atoms with Crippen LogP contribution in [0.4, 0.5) is 5.82 Å². The molecule has 5 nitrogen and oxygen atoms in total. The molecule has 2 aliphatic rings. The van der Waals surface area contributed by atoms with E-state index in [9.17, 15) is 4.79 Å². The molecule has 0 atom stereocenters. The summed E-state index contributed by atoms with van der Waals surface area (Å²) in [6, 6.07) is 3.66. The van der Waals surface area contributed by atoms with Gasteiger partial charge in [-0.2, -0.15) is 5.11 Å². The van der Waals surface area contributed by atoms with Gasteiger partial charge in [-0.15, -0.1) is 5.11 Å². The second kappa shape index (κ2) is 2.41. The average Bonchev–Trinajstić information content (AvgIpc) is 2.59. The standard InChI is InChI=1S/C9H4N4O/c14-9-7-6(4-11-13-9)5-2-1-3-10-8(5)12-7/h1-4H. The Balaban J connectivity index is 2.29. The summed E-state index contributed by atoms with van der Waals surface area (Å²) < 4.78 is 0. The molecule has 1 aromatic rings. The van der Waals surface area contributed by atoms with E-state index in [1.54, 1.807) is 12.3 Å². The van der Waals surface area contributed by atoms with Crippen LogP contribution in [-0.4, -0.2) is 16.6 Å². The number of amides is 1. The molecule has 5 heteroatoms. The maximum absolute atomic E-state index is 11.3. The van der Waals surface area contributed by atoms with Gasteiger partial charge in [0.2, 0.25) is 0 Å². The highest BCUT2D eigenvalue weighted by molar-refractivity contribution is 6.58.